The van der Waals surface area contributed by atoms with Crippen molar-refractivity contribution in [2.75, 3.05) is 13.2 Å². The number of ether oxygens (including phenoxy) is 1. The molecule has 0 saturated heterocycles. The van der Waals surface area contributed by atoms with E-state index in [1.165, 1.54) is 0 Å². The first-order chi connectivity index (χ1) is 10.4. The number of hydrogen-bond donors (Lipinski definition) is 2. The lowest BCUT2D eigenvalue weighted by Crippen LogP contribution is -2.34. The molecule has 1 aliphatic rings. The molecule has 0 fully saturated rings. The maximum Gasteiger partial charge on any atom is 0.313 e. The van der Waals surface area contributed by atoms with Gasteiger partial charge < -0.3 is 19.5 Å². The van der Waals surface area contributed by atoms with Crippen molar-refractivity contribution in [2.45, 2.75) is 38.3 Å². The van der Waals surface area contributed by atoms with Gasteiger partial charge in [0.2, 0.25) is 0 Å². The van der Waals surface area contributed by atoms with E-state index in [0.29, 0.717) is 12.1 Å². The SMILES string of the molecule is CC1(C)CCn2c(=O)c(OCC(O)CO)nc3cccc1c32. The second-order valence-electron chi connectivity index (χ2n) is 6.33. The van der Waals surface area contributed by atoms with E-state index in [1.54, 1.807) is 4.57 Å². The minimum Gasteiger partial charge on any atom is -0.471 e. The zero-order valence-electron chi connectivity index (χ0n) is 12.7. The third-order valence-corrected chi connectivity index (χ3v) is 4.25. The second-order valence-corrected chi connectivity index (χ2v) is 6.33. The van der Waals surface area contributed by atoms with Gasteiger partial charge >= 0.3 is 5.56 Å². The smallest absolute Gasteiger partial charge is 0.313 e. The third kappa shape index (κ3) is 2.38. The van der Waals surface area contributed by atoms with Crippen LogP contribution in [0.15, 0.2) is 23.0 Å². The van der Waals surface area contributed by atoms with Crippen molar-refractivity contribution >= 4 is 11.0 Å². The molecule has 1 unspecified atom stereocenters. The summed E-state index contributed by atoms with van der Waals surface area (Å²) in [5.41, 5.74) is 2.39. The topological polar surface area (TPSA) is 84.6 Å². The van der Waals surface area contributed by atoms with Gasteiger partial charge in [-0.05, 0) is 23.5 Å². The van der Waals surface area contributed by atoms with E-state index >= 15 is 0 Å². The summed E-state index contributed by atoms with van der Waals surface area (Å²) in [6, 6.07) is 5.82. The highest BCUT2D eigenvalue weighted by Gasteiger charge is 2.30. The monoisotopic (exact) mass is 304 g/mol. The van der Waals surface area contributed by atoms with Crippen LogP contribution in [0.25, 0.3) is 11.0 Å². The van der Waals surface area contributed by atoms with Gasteiger partial charge in [0.05, 0.1) is 17.6 Å². The molecule has 0 bridgehead atoms. The van der Waals surface area contributed by atoms with Crippen LogP contribution >= 0.6 is 0 Å². The van der Waals surface area contributed by atoms with Gasteiger partial charge in [-0.3, -0.25) is 4.79 Å². The number of para-hydroxylation sites is 1. The van der Waals surface area contributed by atoms with E-state index in [9.17, 15) is 9.90 Å². The fourth-order valence-corrected chi connectivity index (χ4v) is 2.89. The Morgan fingerprint density at radius 3 is 2.95 bits per heavy atom. The van der Waals surface area contributed by atoms with Crippen LogP contribution in [0.4, 0.5) is 0 Å². The Labute approximate surface area is 128 Å². The van der Waals surface area contributed by atoms with Crippen LogP contribution in [0, 0.1) is 0 Å². The molecule has 118 valence electrons. The molecule has 1 aromatic heterocycles. The molecule has 2 heterocycles. The second kappa shape index (κ2) is 5.37. The fourth-order valence-electron chi connectivity index (χ4n) is 2.89. The normalized spacial score (nSPS) is 17.5. The third-order valence-electron chi connectivity index (χ3n) is 4.25. The van der Waals surface area contributed by atoms with Crippen LogP contribution in [0.2, 0.25) is 0 Å². The van der Waals surface area contributed by atoms with Gasteiger partial charge in [0.1, 0.15) is 12.7 Å². The number of aryl methyl sites for hydroxylation is 1. The van der Waals surface area contributed by atoms with Crippen LogP contribution in [0.3, 0.4) is 0 Å². The molecule has 0 saturated carbocycles. The largest absolute Gasteiger partial charge is 0.471 e. The van der Waals surface area contributed by atoms with Gasteiger partial charge in [-0.25, -0.2) is 4.98 Å². The number of hydrogen-bond acceptors (Lipinski definition) is 5. The molecule has 0 spiro atoms. The number of aliphatic hydroxyl groups excluding tert-OH is 2. The summed E-state index contributed by atoms with van der Waals surface area (Å²) < 4.78 is 7.00. The van der Waals surface area contributed by atoms with Gasteiger partial charge in [-0.15, -0.1) is 0 Å². The Bertz CT molecular complexity index is 767. The Morgan fingerprint density at radius 2 is 2.23 bits per heavy atom. The zero-order chi connectivity index (χ0) is 15.9. The number of aromatic nitrogens is 2. The lowest BCUT2D eigenvalue weighted by atomic mass is 9.79. The van der Waals surface area contributed by atoms with E-state index in [2.05, 4.69) is 18.8 Å². The lowest BCUT2D eigenvalue weighted by molar-refractivity contribution is 0.0515. The van der Waals surface area contributed by atoms with Gasteiger partial charge in [-0.2, -0.15) is 0 Å². The minimum atomic E-state index is -1.02. The van der Waals surface area contributed by atoms with Crippen molar-refractivity contribution in [1.29, 1.82) is 0 Å². The number of nitrogens with zero attached hydrogens (tertiary/aromatic N) is 2. The van der Waals surface area contributed by atoms with E-state index in [0.717, 1.165) is 17.5 Å². The van der Waals surface area contributed by atoms with Crippen LogP contribution in [-0.2, 0) is 12.0 Å². The summed E-state index contributed by atoms with van der Waals surface area (Å²) in [6.07, 6.45) is -0.162. The minimum absolute atomic E-state index is 0.00306. The molecule has 1 aromatic carbocycles. The molecule has 0 amide bonds. The molecule has 0 aliphatic carbocycles. The first-order valence-corrected chi connectivity index (χ1v) is 7.40. The van der Waals surface area contributed by atoms with Gasteiger partial charge in [0.25, 0.3) is 5.88 Å². The molecule has 6 heteroatoms. The number of benzene rings is 1. The molecule has 2 aromatic rings. The van der Waals surface area contributed by atoms with Crippen molar-refractivity contribution in [2.24, 2.45) is 0 Å². The predicted molar refractivity (Wildman–Crippen MR) is 82.2 cm³/mol. The summed E-state index contributed by atoms with van der Waals surface area (Å²) in [5, 5.41) is 18.2. The first kappa shape index (κ1) is 15.0. The average Bonchev–Trinajstić information content (AvgIpc) is 2.50. The summed E-state index contributed by atoms with van der Waals surface area (Å²) >= 11 is 0. The van der Waals surface area contributed by atoms with E-state index in [-0.39, 0.29) is 23.5 Å². The zero-order valence-corrected chi connectivity index (χ0v) is 12.7. The lowest BCUT2D eigenvalue weighted by Gasteiger charge is -2.32. The number of aliphatic hydroxyl groups is 2. The van der Waals surface area contributed by atoms with E-state index in [1.807, 2.05) is 18.2 Å². The van der Waals surface area contributed by atoms with E-state index < -0.39 is 12.7 Å². The van der Waals surface area contributed by atoms with Gasteiger partial charge in [-0.1, -0.05) is 26.0 Å². The Morgan fingerprint density at radius 1 is 1.45 bits per heavy atom. The van der Waals surface area contributed by atoms with Crippen LogP contribution in [0.5, 0.6) is 5.88 Å². The molecule has 0 radical (unpaired) electrons. The van der Waals surface area contributed by atoms with Crippen LogP contribution < -0.4 is 10.3 Å². The molecule has 22 heavy (non-hydrogen) atoms. The van der Waals surface area contributed by atoms with Crippen molar-refractivity contribution in [3.63, 3.8) is 0 Å². The summed E-state index contributed by atoms with van der Waals surface area (Å²) in [6.45, 7) is 4.37. The summed E-state index contributed by atoms with van der Waals surface area (Å²) in [5.74, 6) is -0.0307. The summed E-state index contributed by atoms with van der Waals surface area (Å²) in [4.78, 5) is 16.8. The fraction of sp³-hybridized carbons (Fsp3) is 0.500. The van der Waals surface area contributed by atoms with Crippen molar-refractivity contribution in [3.8, 4) is 5.88 Å². The number of rotatable bonds is 4. The highest BCUT2D eigenvalue weighted by Crippen LogP contribution is 2.36. The predicted octanol–water partition coefficient (Wildman–Crippen LogP) is 0.810. The molecule has 2 N–H and O–H groups in total. The standard InChI is InChI=1S/C16H20N2O4/c1-16(2)6-7-18-13-11(16)4-3-5-12(13)17-14(15(18)21)22-9-10(20)8-19/h3-5,10,19-20H,6-9H2,1-2H3. The van der Waals surface area contributed by atoms with Gasteiger partial charge in [0.15, 0.2) is 0 Å². The highest BCUT2D eigenvalue weighted by atomic mass is 16.5. The van der Waals surface area contributed by atoms with Crippen molar-refractivity contribution < 1.29 is 14.9 Å². The van der Waals surface area contributed by atoms with Crippen LogP contribution in [-0.4, -0.2) is 39.1 Å². The first-order valence-electron chi connectivity index (χ1n) is 7.40. The van der Waals surface area contributed by atoms with Crippen molar-refractivity contribution in [3.05, 3.63) is 34.1 Å². The molecule has 1 aliphatic heterocycles. The molecular formula is C16H20N2O4. The summed E-state index contributed by atoms with van der Waals surface area (Å²) in [7, 11) is 0. The van der Waals surface area contributed by atoms with Gasteiger partial charge in [0, 0.05) is 6.54 Å². The molecule has 1 atom stereocenters. The average molecular weight is 304 g/mol. The highest BCUT2D eigenvalue weighted by molar-refractivity contribution is 5.80. The molecule has 6 nitrogen and oxygen atoms in total. The Balaban J connectivity index is 2.13. The maximum absolute atomic E-state index is 12.5. The Hall–Kier alpha value is -1.92. The quantitative estimate of drug-likeness (QED) is 0.873. The van der Waals surface area contributed by atoms with Crippen molar-refractivity contribution in [1.82, 2.24) is 9.55 Å². The molecule has 3 rings (SSSR count). The van der Waals surface area contributed by atoms with E-state index in [4.69, 9.17) is 9.84 Å². The Kier molecular flexibility index (Phi) is 3.66. The van der Waals surface area contributed by atoms with Crippen LogP contribution in [0.1, 0.15) is 25.8 Å². The maximum atomic E-state index is 12.5. The molecular weight excluding hydrogens is 284 g/mol.